The van der Waals surface area contributed by atoms with Crippen LogP contribution >= 0.6 is 0 Å². The maximum Gasteiger partial charge on any atom is 0.189 e. The zero-order valence-corrected chi connectivity index (χ0v) is 7.99. The minimum Gasteiger partial charge on any atom is -0.485 e. The van der Waals surface area contributed by atoms with Crippen LogP contribution in [0.5, 0.6) is 11.5 Å². The summed E-state index contributed by atoms with van der Waals surface area (Å²) in [5.74, 6) is 1.54. The van der Waals surface area contributed by atoms with Crippen LogP contribution < -0.4 is 14.8 Å². The summed E-state index contributed by atoms with van der Waals surface area (Å²) >= 11 is 0. The molecule has 0 radical (unpaired) electrons. The molecule has 1 aromatic rings. The Morgan fingerprint density at radius 1 is 1.47 bits per heavy atom. The summed E-state index contributed by atoms with van der Waals surface area (Å²) in [5, 5.41) is 3.01. The van der Waals surface area contributed by atoms with Crippen molar-refractivity contribution < 1.29 is 13.6 Å². The molecule has 0 bridgehead atoms. The maximum absolute atomic E-state index is 7.57. The topological polar surface area (TPSA) is 42.8 Å². The lowest BCUT2D eigenvalue weighted by atomic mass is 10.2. The van der Waals surface area contributed by atoms with Gasteiger partial charge in [-0.05, 0) is 12.1 Å². The van der Waals surface area contributed by atoms with Crippen molar-refractivity contribution in [1.29, 1.82) is 0 Å². The number of amidine groups is 1. The number of hydrogen-bond donors (Lipinski definition) is 1. The number of fused-ring (bicyclic) bond motifs is 1. The van der Waals surface area contributed by atoms with Gasteiger partial charge in [0.05, 0.1) is 10.6 Å². The van der Waals surface area contributed by atoms with Gasteiger partial charge >= 0.3 is 0 Å². The molecular formula is C11H12N2O2. The molecule has 1 N–H and O–H groups in total. The lowest BCUT2D eigenvalue weighted by Gasteiger charge is -2.26. The summed E-state index contributed by atoms with van der Waals surface area (Å²) in [6.45, 7) is 0.284. The number of ether oxygens (including phenoxy) is 2. The average Bonchev–Trinajstić information content (AvgIpc) is 2.77. The van der Waals surface area contributed by atoms with Gasteiger partial charge in [-0.25, -0.2) is 0 Å². The van der Waals surface area contributed by atoms with Crippen molar-refractivity contribution in [3.05, 3.63) is 24.2 Å². The fourth-order valence-electron chi connectivity index (χ4n) is 1.59. The smallest absolute Gasteiger partial charge is 0.189 e. The molecule has 2 heterocycles. The van der Waals surface area contributed by atoms with E-state index in [-0.39, 0.29) is 18.2 Å². The first-order chi connectivity index (χ1) is 8.63. The van der Waals surface area contributed by atoms with Gasteiger partial charge in [0.2, 0.25) is 0 Å². The Morgan fingerprint density at radius 2 is 2.33 bits per heavy atom. The predicted octanol–water partition coefficient (Wildman–Crippen LogP) is 0.828. The molecule has 0 aliphatic carbocycles. The molecule has 0 fully saturated rings. The van der Waals surface area contributed by atoms with E-state index in [4.69, 9.17) is 13.6 Å². The molecule has 0 amide bonds. The Morgan fingerprint density at radius 3 is 3.13 bits per heavy atom. The summed E-state index contributed by atoms with van der Waals surface area (Å²) in [7, 11) is 0. The number of rotatable bonds is 1. The molecule has 2 aliphatic rings. The van der Waals surface area contributed by atoms with Gasteiger partial charge in [0.15, 0.2) is 17.6 Å². The van der Waals surface area contributed by atoms with E-state index >= 15 is 0 Å². The van der Waals surface area contributed by atoms with Crippen molar-refractivity contribution in [2.24, 2.45) is 4.99 Å². The molecule has 4 heteroatoms. The molecule has 0 aromatic heterocycles. The Balaban J connectivity index is 1.85. The molecule has 3 rings (SSSR count). The van der Waals surface area contributed by atoms with Crippen LogP contribution in [0.15, 0.2) is 29.2 Å². The summed E-state index contributed by atoms with van der Waals surface area (Å²) in [5.41, 5.74) is 0. The van der Waals surface area contributed by atoms with Crippen molar-refractivity contribution in [2.45, 2.75) is 6.10 Å². The van der Waals surface area contributed by atoms with Crippen LogP contribution in [0.3, 0.4) is 0 Å². The number of nitrogens with zero attached hydrogens (tertiary/aromatic N) is 1. The van der Waals surface area contributed by atoms with Crippen LogP contribution in [-0.4, -0.2) is 31.6 Å². The van der Waals surface area contributed by atoms with Crippen LogP contribution in [0.25, 0.3) is 0 Å². The first-order valence-electron chi connectivity index (χ1n) is 6.36. The van der Waals surface area contributed by atoms with Crippen molar-refractivity contribution in [3.63, 3.8) is 0 Å². The molecule has 0 saturated carbocycles. The molecule has 0 saturated heterocycles. The van der Waals surface area contributed by atoms with Crippen LogP contribution in [0.1, 0.15) is 4.11 Å². The quantitative estimate of drug-likeness (QED) is 0.741. The van der Waals surface area contributed by atoms with E-state index in [1.54, 1.807) is 0 Å². The fourth-order valence-corrected chi connectivity index (χ4v) is 1.59. The first-order valence-corrected chi connectivity index (χ1v) is 4.78. The number of nitrogens with one attached hydrogen (secondary N) is 1. The molecule has 2 atom stereocenters. The van der Waals surface area contributed by atoms with Crippen molar-refractivity contribution >= 4 is 5.84 Å². The standard InChI is InChI=1S/C11H12N2O2/c1-2-4-9-8(3-1)14-7-10(15-9)11-12-5-6-13-11/h1-4,10H,5-7H2,(H,12,13)/i1D,2D,5D/t5-,10?/m1/s1. The molecule has 78 valence electrons. The third kappa shape index (κ3) is 1.52. The van der Waals surface area contributed by atoms with E-state index in [0.29, 0.717) is 30.5 Å². The lowest BCUT2D eigenvalue weighted by Crippen LogP contribution is -2.42. The minimum absolute atomic E-state index is 0.0951. The van der Waals surface area contributed by atoms with Gasteiger partial charge in [-0.15, -0.1) is 0 Å². The van der Waals surface area contributed by atoms with Gasteiger partial charge in [0.25, 0.3) is 0 Å². The summed E-state index contributed by atoms with van der Waals surface area (Å²) < 4.78 is 33.8. The second kappa shape index (κ2) is 3.46. The van der Waals surface area contributed by atoms with Gasteiger partial charge < -0.3 is 14.8 Å². The number of hydrogen-bond acceptors (Lipinski definition) is 4. The average molecular weight is 207 g/mol. The second-order valence-electron chi connectivity index (χ2n) is 3.30. The van der Waals surface area contributed by atoms with E-state index in [1.165, 1.54) is 12.1 Å². The van der Waals surface area contributed by atoms with Crippen LogP contribution in [0.4, 0.5) is 0 Å². The maximum atomic E-state index is 7.57. The highest BCUT2D eigenvalue weighted by Gasteiger charge is 2.26. The third-order valence-corrected chi connectivity index (χ3v) is 2.30. The van der Waals surface area contributed by atoms with Crippen LogP contribution in [0, 0.1) is 0 Å². The van der Waals surface area contributed by atoms with Crippen molar-refractivity contribution in [1.82, 2.24) is 5.32 Å². The van der Waals surface area contributed by atoms with E-state index in [2.05, 4.69) is 10.3 Å². The SMILES string of the molecule is [2H]c1cc2c(cc1[2H])OC(C1=N[C@H]([2H])CN1)CO2. The number of benzene rings is 1. The fraction of sp³-hybridized carbons (Fsp3) is 0.364. The van der Waals surface area contributed by atoms with Crippen molar-refractivity contribution in [2.75, 3.05) is 19.7 Å². The second-order valence-corrected chi connectivity index (χ2v) is 3.30. The zero-order valence-electron chi connectivity index (χ0n) is 11.0. The van der Waals surface area contributed by atoms with Gasteiger partial charge in [-0.2, -0.15) is 0 Å². The summed E-state index contributed by atoms with van der Waals surface area (Å²) in [4.78, 5) is 4.11. The van der Waals surface area contributed by atoms with E-state index in [0.717, 1.165) is 0 Å². The van der Waals surface area contributed by atoms with Crippen molar-refractivity contribution in [3.8, 4) is 11.5 Å². The Labute approximate surface area is 92.1 Å². The molecule has 1 aromatic carbocycles. The van der Waals surface area contributed by atoms with Crippen LogP contribution in [0.2, 0.25) is 0 Å². The molecule has 1 unspecified atom stereocenters. The molecular weight excluding hydrogens is 192 g/mol. The zero-order chi connectivity index (χ0) is 12.7. The molecule has 4 nitrogen and oxygen atoms in total. The number of para-hydroxylation sites is 2. The Hall–Kier alpha value is -1.71. The number of aliphatic imine (C=N–C) groups is 1. The Kier molecular flexibility index (Phi) is 1.38. The van der Waals surface area contributed by atoms with Crippen LogP contribution in [-0.2, 0) is 0 Å². The van der Waals surface area contributed by atoms with E-state index < -0.39 is 6.52 Å². The highest BCUT2D eigenvalue weighted by atomic mass is 16.6. The molecule has 15 heavy (non-hydrogen) atoms. The normalized spacial score (nSPS) is 30.9. The van der Waals surface area contributed by atoms with E-state index in [1.807, 2.05) is 0 Å². The minimum atomic E-state index is -0.493. The lowest BCUT2D eigenvalue weighted by molar-refractivity contribution is 0.133. The van der Waals surface area contributed by atoms with Gasteiger partial charge in [-0.1, -0.05) is 12.1 Å². The monoisotopic (exact) mass is 207 g/mol. The Bertz CT molecular complexity index is 521. The third-order valence-electron chi connectivity index (χ3n) is 2.30. The molecule has 0 spiro atoms. The van der Waals surface area contributed by atoms with Gasteiger partial charge in [-0.3, -0.25) is 4.99 Å². The highest BCUT2D eigenvalue weighted by Crippen LogP contribution is 2.31. The van der Waals surface area contributed by atoms with E-state index in [9.17, 15) is 0 Å². The molecule has 2 aliphatic heterocycles. The summed E-state index contributed by atoms with van der Waals surface area (Å²) in [6, 6.07) is 3.15. The predicted molar refractivity (Wildman–Crippen MR) is 56.7 cm³/mol. The van der Waals surface area contributed by atoms with Gasteiger partial charge in [0, 0.05) is 6.54 Å². The highest BCUT2D eigenvalue weighted by molar-refractivity contribution is 5.88. The largest absolute Gasteiger partial charge is 0.485 e. The first kappa shape index (κ1) is 6.00. The van der Waals surface area contributed by atoms with Gasteiger partial charge in [0.1, 0.15) is 12.4 Å². The summed E-state index contributed by atoms with van der Waals surface area (Å²) in [6.07, 6.45) is -0.371.